The average molecular weight is 260 g/mol. The van der Waals surface area contributed by atoms with E-state index in [-0.39, 0.29) is 11.9 Å². The van der Waals surface area contributed by atoms with Crippen molar-refractivity contribution < 1.29 is 4.79 Å². The maximum atomic E-state index is 11.5. The number of carbonyl (C=O) groups excluding carboxylic acids is 1. The van der Waals surface area contributed by atoms with Crippen molar-refractivity contribution in [2.24, 2.45) is 0 Å². The molecular formula is C14H20N4O. The fourth-order valence-electron chi connectivity index (χ4n) is 1.53. The first kappa shape index (κ1) is 15.1. The quantitative estimate of drug-likeness (QED) is 0.725. The molecule has 0 aliphatic heterocycles. The van der Waals surface area contributed by atoms with Crippen molar-refractivity contribution in [1.29, 1.82) is 5.26 Å². The minimum absolute atomic E-state index is 0.0642. The highest BCUT2D eigenvalue weighted by atomic mass is 16.1. The topological polar surface area (TPSA) is 77.8 Å². The first-order valence-electron chi connectivity index (χ1n) is 6.50. The summed E-state index contributed by atoms with van der Waals surface area (Å²) in [6.07, 6.45) is 3.01. The number of carbonyl (C=O) groups is 1. The van der Waals surface area contributed by atoms with Crippen molar-refractivity contribution in [3.8, 4) is 6.07 Å². The molecule has 0 fully saturated rings. The van der Waals surface area contributed by atoms with Gasteiger partial charge in [-0.1, -0.05) is 6.92 Å². The van der Waals surface area contributed by atoms with Gasteiger partial charge in [0, 0.05) is 31.7 Å². The van der Waals surface area contributed by atoms with Crippen LogP contribution < -0.4 is 10.6 Å². The van der Waals surface area contributed by atoms with Crippen molar-refractivity contribution in [1.82, 2.24) is 15.6 Å². The predicted molar refractivity (Wildman–Crippen MR) is 73.2 cm³/mol. The Morgan fingerprint density at radius 2 is 2.37 bits per heavy atom. The molecule has 19 heavy (non-hydrogen) atoms. The van der Waals surface area contributed by atoms with Gasteiger partial charge in [-0.05, 0) is 31.0 Å². The van der Waals surface area contributed by atoms with E-state index in [9.17, 15) is 4.79 Å². The van der Waals surface area contributed by atoms with Crippen LogP contribution in [-0.2, 0) is 11.3 Å². The molecule has 2 N–H and O–H groups in total. The van der Waals surface area contributed by atoms with Gasteiger partial charge >= 0.3 is 0 Å². The number of hydrogen-bond donors (Lipinski definition) is 2. The van der Waals surface area contributed by atoms with Gasteiger partial charge < -0.3 is 10.6 Å². The molecule has 1 rings (SSSR count). The van der Waals surface area contributed by atoms with Gasteiger partial charge in [0.05, 0.1) is 0 Å². The van der Waals surface area contributed by atoms with E-state index < -0.39 is 0 Å². The number of hydrogen-bond acceptors (Lipinski definition) is 4. The van der Waals surface area contributed by atoms with E-state index in [1.807, 2.05) is 26.0 Å². The summed E-state index contributed by atoms with van der Waals surface area (Å²) in [4.78, 5) is 15.4. The maximum absolute atomic E-state index is 11.5. The summed E-state index contributed by atoms with van der Waals surface area (Å²) in [5.41, 5.74) is 1.41. The van der Waals surface area contributed by atoms with Gasteiger partial charge in [0.15, 0.2) is 0 Å². The van der Waals surface area contributed by atoms with E-state index in [0.29, 0.717) is 25.2 Å². The van der Waals surface area contributed by atoms with E-state index in [4.69, 9.17) is 5.26 Å². The third-order valence-electron chi connectivity index (χ3n) is 2.82. The van der Waals surface area contributed by atoms with Gasteiger partial charge in [-0.2, -0.15) is 5.26 Å². The second kappa shape index (κ2) is 8.22. The lowest BCUT2D eigenvalue weighted by atomic mass is 10.2. The van der Waals surface area contributed by atoms with Crippen molar-refractivity contribution in [2.45, 2.75) is 39.3 Å². The Hall–Kier alpha value is -1.93. The lowest BCUT2D eigenvalue weighted by Gasteiger charge is -2.11. The van der Waals surface area contributed by atoms with Crippen LogP contribution in [0.15, 0.2) is 18.3 Å². The van der Waals surface area contributed by atoms with Crippen molar-refractivity contribution in [3.05, 3.63) is 29.6 Å². The molecule has 5 nitrogen and oxygen atoms in total. The Balaban J connectivity index is 2.24. The number of nitrogens with zero attached hydrogens (tertiary/aromatic N) is 2. The van der Waals surface area contributed by atoms with E-state index in [1.54, 1.807) is 12.3 Å². The van der Waals surface area contributed by atoms with Gasteiger partial charge in [-0.25, -0.2) is 4.98 Å². The fourth-order valence-corrected chi connectivity index (χ4v) is 1.53. The molecule has 1 atom stereocenters. The van der Waals surface area contributed by atoms with Crippen LogP contribution in [0.3, 0.4) is 0 Å². The SMILES string of the molecule is CCC(C)NC(=O)CCNCc1ccnc(C#N)c1. The maximum Gasteiger partial charge on any atom is 0.221 e. The predicted octanol–water partition coefficient (Wildman–Crippen LogP) is 1.35. The van der Waals surface area contributed by atoms with E-state index >= 15 is 0 Å². The molecule has 0 saturated heterocycles. The molecular weight excluding hydrogens is 240 g/mol. The zero-order valence-corrected chi connectivity index (χ0v) is 11.4. The van der Waals surface area contributed by atoms with Crippen molar-refractivity contribution in [2.75, 3.05) is 6.54 Å². The second-order valence-corrected chi connectivity index (χ2v) is 4.46. The third kappa shape index (κ3) is 5.98. The Labute approximate surface area is 114 Å². The number of amides is 1. The molecule has 1 amide bonds. The summed E-state index contributed by atoms with van der Waals surface area (Å²) >= 11 is 0. The smallest absolute Gasteiger partial charge is 0.221 e. The summed E-state index contributed by atoms with van der Waals surface area (Å²) in [7, 11) is 0. The summed E-state index contributed by atoms with van der Waals surface area (Å²) in [5.74, 6) is 0.0642. The van der Waals surface area contributed by atoms with Gasteiger partial charge in [0.1, 0.15) is 11.8 Å². The van der Waals surface area contributed by atoms with Crippen LogP contribution in [0.5, 0.6) is 0 Å². The van der Waals surface area contributed by atoms with Gasteiger partial charge in [0.2, 0.25) is 5.91 Å². The van der Waals surface area contributed by atoms with Crippen molar-refractivity contribution >= 4 is 5.91 Å². The Morgan fingerprint density at radius 3 is 3.05 bits per heavy atom. The monoisotopic (exact) mass is 260 g/mol. The zero-order valence-electron chi connectivity index (χ0n) is 11.4. The highest BCUT2D eigenvalue weighted by Gasteiger charge is 2.04. The van der Waals surface area contributed by atoms with Crippen LogP contribution >= 0.6 is 0 Å². The van der Waals surface area contributed by atoms with E-state index in [0.717, 1.165) is 12.0 Å². The van der Waals surface area contributed by atoms with Gasteiger partial charge in [-0.15, -0.1) is 0 Å². The molecule has 0 aromatic carbocycles. The summed E-state index contributed by atoms with van der Waals surface area (Å²) in [5, 5.41) is 14.8. The standard InChI is InChI=1S/C14H20N4O/c1-3-11(2)18-14(19)5-6-16-10-12-4-7-17-13(8-12)9-15/h4,7-8,11,16H,3,5-6,10H2,1-2H3,(H,18,19). The third-order valence-corrected chi connectivity index (χ3v) is 2.82. The molecule has 5 heteroatoms. The van der Waals surface area contributed by atoms with Crippen LogP contribution in [0.2, 0.25) is 0 Å². The molecule has 1 aromatic rings. The molecule has 1 unspecified atom stereocenters. The molecule has 0 aliphatic carbocycles. The number of pyridine rings is 1. The Kier molecular flexibility index (Phi) is 6.55. The van der Waals surface area contributed by atoms with Crippen molar-refractivity contribution in [3.63, 3.8) is 0 Å². The molecule has 1 aromatic heterocycles. The summed E-state index contributed by atoms with van der Waals surface area (Å²) < 4.78 is 0. The molecule has 1 heterocycles. The fraction of sp³-hybridized carbons (Fsp3) is 0.500. The number of aromatic nitrogens is 1. The van der Waals surface area contributed by atoms with Crippen LogP contribution in [0.1, 0.15) is 37.9 Å². The largest absolute Gasteiger partial charge is 0.354 e. The van der Waals surface area contributed by atoms with Crippen LogP contribution in [0, 0.1) is 11.3 Å². The zero-order chi connectivity index (χ0) is 14.1. The highest BCUT2D eigenvalue weighted by Crippen LogP contribution is 2.00. The second-order valence-electron chi connectivity index (χ2n) is 4.46. The first-order valence-corrected chi connectivity index (χ1v) is 6.50. The lowest BCUT2D eigenvalue weighted by Crippen LogP contribution is -2.33. The van der Waals surface area contributed by atoms with Gasteiger partial charge in [-0.3, -0.25) is 4.79 Å². The summed E-state index contributed by atoms with van der Waals surface area (Å²) in [6.45, 7) is 5.28. The normalized spacial score (nSPS) is 11.6. The molecule has 0 bridgehead atoms. The number of rotatable bonds is 7. The molecule has 102 valence electrons. The minimum Gasteiger partial charge on any atom is -0.354 e. The molecule has 0 saturated carbocycles. The highest BCUT2D eigenvalue weighted by molar-refractivity contribution is 5.76. The average Bonchev–Trinajstić information content (AvgIpc) is 2.43. The van der Waals surface area contributed by atoms with Crippen LogP contribution in [-0.4, -0.2) is 23.5 Å². The Bertz CT molecular complexity index is 453. The minimum atomic E-state index is 0.0642. The number of nitriles is 1. The van der Waals surface area contributed by atoms with Gasteiger partial charge in [0.25, 0.3) is 0 Å². The lowest BCUT2D eigenvalue weighted by molar-refractivity contribution is -0.121. The van der Waals surface area contributed by atoms with E-state index in [1.165, 1.54) is 0 Å². The Morgan fingerprint density at radius 1 is 1.58 bits per heavy atom. The molecule has 0 radical (unpaired) electrons. The molecule has 0 aliphatic rings. The number of nitrogens with one attached hydrogen (secondary N) is 2. The van der Waals surface area contributed by atoms with Crippen LogP contribution in [0.4, 0.5) is 0 Å². The molecule has 0 spiro atoms. The van der Waals surface area contributed by atoms with E-state index in [2.05, 4.69) is 15.6 Å². The summed E-state index contributed by atoms with van der Waals surface area (Å²) in [6, 6.07) is 5.83. The van der Waals surface area contributed by atoms with Crippen LogP contribution in [0.25, 0.3) is 0 Å². The first-order chi connectivity index (χ1) is 9.15.